The number of furan rings is 1. The summed E-state index contributed by atoms with van der Waals surface area (Å²) in [5.41, 5.74) is 0.650. The van der Waals surface area contributed by atoms with Gasteiger partial charge in [-0.25, -0.2) is 8.42 Å². The largest absolute Gasteiger partial charge is 0.457 e. The minimum absolute atomic E-state index is 0.0507. The minimum Gasteiger partial charge on any atom is -0.457 e. The highest BCUT2D eigenvalue weighted by molar-refractivity contribution is 8.26. The first-order valence-corrected chi connectivity index (χ1v) is 12.1. The molecule has 146 valence electrons. The maximum atomic E-state index is 12.8. The number of hydrogen-bond acceptors (Lipinski definition) is 6. The van der Waals surface area contributed by atoms with Gasteiger partial charge in [0, 0.05) is 11.6 Å². The van der Waals surface area contributed by atoms with Crippen LogP contribution in [-0.2, 0) is 14.6 Å². The van der Waals surface area contributed by atoms with Crippen molar-refractivity contribution < 1.29 is 17.6 Å². The van der Waals surface area contributed by atoms with E-state index < -0.39 is 15.9 Å². The summed E-state index contributed by atoms with van der Waals surface area (Å²) >= 11 is 18.7. The summed E-state index contributed by atoms with van der Waals surface area (Å²) in [4.78, 5) is 14.6. The summed E-state index contributed by atoms with van der Waals surface area (Å²) in [5.74, 6) is 0.721. The first-order chi connectivity index (χ1) is 13.2. The summed E-state index contributed by atoms with van der Waals surface area (Å²) in [6.07, 6.45) is 2.00. The first-order valence-electron chi connectivity index (χ1n) is 8.27. The van der Waals surface area contributed by atoms with Gasteiger partial charge in [0.05, 0.1) is 32.5 Å². The van der Waals surface area contributed by atoms with Gasteiger partial charge in [-0.15, -0.1) is 0 Å². The van der Waals surface area contributed by atoms with Gasteiger partial charge in [-0.05, 0) is 30.7 Å². The van der Waals surface area contributed by atoms with Crippen molar-refractivity contribution in [2.24, 2.45) is 0 Å². The summed E-state index contributed by atoms with van der Waals surface area (Å²) < 4.78 is 29.6. The molecule has 3 heterocycles. The van der Waals surface area contributed by atoms with Crippen molar-refractivity contribution in [3.05, 3.63) is 51.0 Å². The molecule has 0 radical (unpaired) electrons. The zero-order valence-electron chi connectivity index (χ0n) is 14.2. The third-order valence-corrected chi connectivity index (χ3v) is 8.41. The zero-order chi connectivity index (χ0) is 20.1. The third-order valence-electron chi connectivity index (χ3n) is 4.51. The fourth-order valence-corrected chi connectivity index (χ4v) is 6.65. The Morgan fingerprint density at radius 2 is 2.04 bits per heavy atom. The van der Waals surface area contributed by atoms with Gasteiger partial charge in [0.2, 0.25) is 0 Å². The Bertz CT molecular complexity index is 1120. The van der Waals surface area contributed by atoms with Crippen LogP contribution in [0.1, 0.15) is 12.2 Å². The average molecular weight is 474 g/mol. The predicted octanol–water partition coefficient (Wildman–Crippen LogP) is 4.64. The number of rotatable bonds is 3. The molecule has 2 aliphatic rings. The molecule has 0 N–H and O–H groups in total. The van der Waals surface area contributed by atoms with Gasteiger partial charge in [-0.3, -0.25) is 9.69 Å². The summed E-state index contributed by atoms with van der Waals surface area (Å²) in [6.45, 7) is 0. The third kappa shape index (κ3) is 3.76. The smallest absolute Gasteiger partial charge is 0.266 e. The lowest BCUT2D eigenvalue weighted by Gasteiger charge is -2.20. The van der Waals surface area contributed by atoms with Crippen LogP contribution in [0.25, 0.3) is 17.4 Å². The van der Waals surface area contributed by atoms with Crippen LogP contribution in [0.2, 0.25) is 10.0 Å². The van der Waals surface area contributed by atoms with E-state index in [0.29, 0.717) is 42.8 Å². The molecule has 4 rings (SSSR count). The van der Waals surface area contributed by atoms with E-state index in [9.17, 15) is 13.2 Å². The van der Waals surface area contributed by atoms with Crippen molar-refractivity contribution in [3.8, 4) is 11.3 Å². The molecule has 5 nitrogen and oxygen atoms in total. The SMILES string of the molecule is O=C1/C(=C\c2ccc(-c3cccc(Cl)c3Cl)o2)SC(=S)N1C1CCS(=O)(=O)C1. The lowest BCUT2D eigenvalue weighted by molar-refractivity contribution is -0.123. The van der Waals surface area contributed by atoms with Crippen molar-refractivity contribution in [2.45, 2.75) is 12.5 Å². The summed E-state index contributed by atoms with van der Waals surface area (Å²) in [6, 6.07) is 8.31. The molecule has 2 saturated heterocycles. The fourth-order valence-electron chi connectivity index (χ4n) is 3.17. The van der Waals surface area contributed by atoms with E-state index in [1.807, 2.05) is 0 Å². The van der Waals surface area contributed by atoms with E-state index in [0.717, 1.165) is 11.8 Å². The van der Waals surface area contributed by atoms with Crippen LogP contribution in [0.4, 0.5) is 0 Å². The van der Waals surface area contributed by atoms with Gasteiger partial charge < -0.3 is 4.42 Å². The maximum absolute atomic E-state index is 12.8. The molecule has 1 atom stereocenters. The van der Waals surface area contributed by atoms with E-state index in [4.69, 9.17) is 39.8 Å². The number of benzene rings is 1. The first kappa shape index (κ1) is 20.0. The monoisotopic (exact) mass is 473 g/mol. The second-order valence-electron chi connectivity index (χ2n) is 6.41. The molecule has 0 bridgehead atoms. The van der Waals surface area contributed by atoms with Crippen molar-refractivity contribution in [1.29, 1.82) is 0 Å². The second kappa shape index (κ2) is 7.50. The van der Waals surface area contributed by atoms with Crippen LogP contribution < -0.4 is 0 Å². The molecule has 2 aromatic rings. The fraction of sp³-hybridized carbons (Fsp3) is 0.222. The molecular weight excluding hydrogens is 461 g/mol. The van der Waals surface area contributed by atoms with Gasteiger partial charge in [-0.1, -0.05) is 53.2 Å². The number of nitrogens with zero attached hydrogens (tertiary/aromatic N) is 1. The lowest BCUT2D eigenvalue weighted by Crippen LogP contribution is -2.39. The Morgan fingerprint density at radius 3 is 2.75 bits per heavy atom. The quantitative estimate of drug-likeness (QED) is 0.477. The highest BCUT2D eigenvalue weighted by Gasteiger charge is 2.42. The lowest BCUT2D eigenvalue weighted by atomic mass is 10.2. The standard InChI is InChI=1S/C18H13Cl2NO4S3/c19-13-3-1-2-12(16(13)20)14-5-4-11(25-14)8-15-17(22)21(18(26)27-15)10-6-7-28(23,24)9-10/h1-5,8,10H,6-7,9H2/b15-8+. The number of carbonyl (C=O) groups excluding carboxylic acids is 1. The van der Waals surface area contributed by atoms with Gasteiger partial charge in [0.1, 0.15) is 15.8 Å². The highest BCUT2D eigenvalue weighted by Crippen LogP contribution is 2.38. The van der Waals surface area contributed by atoms with E-state index in [1.54, 1.807) is 36.4 Å². The van der Waals surface area contributed by atoms with Crippen LogP contribution in [-0.4, -0.2) is 41.1 Å². The Hall–Kier alpha value is -1.32. The second-order valence-corrected chi connectivity index (χ2v) is 11.1. The molecule has 1 unspecified atom stereocenters. The normalized spacial score (nSPS) is 23.1. The molecule has 2 fully saturated rings. The van der Waals surface area contributed by atoms with E-state index >= 15 is 0 Å². The topological polar surface area (TPSA) is 67.6 Å². The molecule has 10 heteroatoms. The molecule has 28 heavy (non-hydrogen) atoms. The van der Waals surface area contributed by atoms with E-state index in [1.165, 1.54) is 4.90 Å². The highest BCUT2D eigenvalue weighted by atomic mass is 35.5. The number of hydrogen-bond donors (Lipinski definition) is 0. The Morgan fingerprint density at radius 1 is 1.25 bits per heavy atom. The number of halogens is 2. The van der Waals surface area contributed by atoms with E-state index in [2.05, 4.69) is 0 Å². The van der Waals surface area contributed by atoms with Crippen molar-refractivity contribution in [2.75, 3.05) is 11.5 Å². The van der Waals surface area contributed by atoms with Crippen LogP contribution in [0.15, 0.2) is 39.7 Å². The average Bonchev–Trinajstić information content (AvgIpc) is 3.29. The zero-order valence-corrected chi connectivity index (χ0v) is 18.2. The van der Waals surface area contributed by atoms with Crippen molar-refractivity contribution >= 4 is 73.3 Å². The van der Waals surface area contributed by atoms with Crippen LogP contribution in [0.5, 0.6) is 0 Å². The Kier molecular flexibility index (Phi) is 5.35. The van der Waals surface area contributed by atoms with Gasteiger partial charge in [-0.2, -0.15) is 0 Å². The molecule has 0 saturated carbocycles. The van der Waals surface area contributed by atoms with Crippen LogP contribution in [0, 0.1) is 0 Å². The van der Waals surface area contributed by atoms with E-state index in [-0.39, 0.29) is 17.4 Å². The Labute approximate surface area is 181 Å². The van der Waals surface area contributed by atoms with Crippen LogP contribution in [0.3, 0.4) is 0 Å². The molecule has 1 aromatic heterocycles. The van der Waals surface area contributed by atoms with Crippen molar-refractivity contribution in [3.63, 3.8) is 0 Å². The summed E-state index contributed by atoms with van der Waals surface area (Å²) in [5, 5.41) is 0.809. The number of thioether (sulfide) groups is 1. The number of sulfone groups is 1. The molecular formula is C18H13Cl2NO4S3. The maximum Gasteiger partial charge on any atom is 0.266 e. The van der Waals surface area contributed by atoms with Gasteiger partial charge >= 0.3 is 0 Å². The molecule has 0 aliphatic carbocycles. The predicted molar refractivity (Wildman–Crippen MR) is 116 cm³/mol. The number of carbonyl (C=O) groups is 1. The molecule has 1 aromatic carbocycles. The van der Waals surface area contributed by atoms with Gasteiger partial charge in [0.15, 0.2) is 9.84 Å². The summed E-state index contributed by atoms with van der Waals surface area (Å²) in [7, 11) is -3.12. The Balaban J connectivity index is 1.59. The number of thiocarbonyl (C=S) groups is 1. The van der Waals surface area contributed by atoms with Gasteiger partial charge in [0.25, 0.3) is 5.91 Å². The minimum atomic E-state index is -3.12. The molecule has 0 spiro atoms. The molecule has 2 aliphatic heterocycles. The van der Waals surface area contributed by atoms with Crippen LogP contribution >= 0.6 is 47.2 Å². The molecule has 1 amide bonds. The number of amides is 1. The van der Waals surface area contributed by atoms with Crippen molar-refractivity contribution in [1.82, 2.24) is 4.90 Å².